The zero-order chi connectivity index (χ0) is 25.2. The number of carbonyl (C=O) groups is 3. The predicted octanol–water partition coefficient (Wildman–Crippen LogP) is 3.09. The summed E-state index contributed by atoms with van der Waals surface area (Å²) in [6, 6.07) is 13.2. The van der Waals surface area contributed by atoms with Gasteiger partial charge in [0.15, 0.2) is 11.5 Å². The Labute approximate surface area is 207 Å². The maximum Gasteiger partial charge on any atom is 0.414 e. The zero-order valence-electron chi connectivity index (χ0n) is 18.9. The van der Waals surface area contributed by atoms with Crippen LogP contribution in [0.4, 0.5) is 5.69 Å². The second-order valence-electron chi connectivity index (χ2n) is 8.09. The number of fused-ring (bicyclic) bond motifs is 1. The first-order chi connectivity index (χ1) is 16.8. The summed E-state index contributed by atoms with van der Waals surface area (Å²) in [7, 11) is 0. The van der Waals surface area contributed by atoms with Gasteiger partial charge in [0.05, 0.1) is 13.2 Å². The minimum absolute atomic E-state index is 0.0127. The van der Waals surface area contributed by atoms with Crippen molar-refractivity contribution in [2.45, 2.75) is 19.4 Å². The van der Waals surface area contributed by atoms with Gasteiger partial charge in [0.25, 0.3) is 0 Å². The fourth-order valence-corrected chi connectivity index (χ4v) is 3.74. The number of carboxylic acids is 2. The lowest BCUT2D eigenvalue weighted by molar-refractivity contribution is -0.159. The van der Waals surface area contributed by atoms with Crippen LogP contribution in [0.2, 0.25) is 5.02 Å². The number of rotatable bonds is 7. The number of carboxylic acid groups (broad SMARTS) is 2. The molecule has 0 aromatic heterocycles. The van der Waals surface area contributed by atoms with Gasteiger partial charge in [-0.15, -0.1) is 0 Å². The fraction of sp³-hybridized carbons (Fsp3) is 0.375. The van der Waals surface area contributed by atoms with Gasteiger partial charge in [-0.1, -0.05) is 23.7 Å². The molecule has 0 radical (unpaired) electrons. The summed E-state index contributed by atoms with van der Waals surface area (Å²) >= 11 is 5.90. The fourth-order valence-electron chi connectivity index (χ4n) is 3.61. The highest BCUT2D eigenvalue weighted by atomic mass is 35.5. The number of anilines is 1. The molecule has 1 amide bonds. The van der Waals surface area contributed by atoms with E-state index in [0.717, 1.165) is 48.8 Å². The van der Waals surface area contributed by atoms with E-state index in [1.54, 1.807) is 6.07 Å². The lowest BCUT2D eigenvalue weighted by Crippen LogP contribution is -2.40. The number of halogens is 1. The molecule has 0 unspecified atom stereocenters. The number of nitrogens with zero attached hydrogens (tertiary/aromatic N) is 1. The molecular weight excluding hydrogens is 480 g/mol. The smallest absolute Gasteiger partial charge is 0.414 e. The zero-order valence-corrected chi connectivity index (χ0v) is 19.7. The lowest BCUT2D eigenvalue weighted by atomic mass is 9.98. The number of carbonyl (C=O) groups excluding carboxylic acids is 1. The summed E-state index contributed by atoms with van der Waals surface area (Å²) in [5.41, 5.74) is 1.86. The summed E-state index contributed by atoms with van der Waals surface area (Å²) in [6.07, 6.45) is 2.08. The van der Waals surface area contributed by atoms with Crippen LogP contribution >= 0.6 is 11.6 Å². The summed E-state index contributed by atoms with van der Waals surface area (Å²) in [6.45, 7) is 3.79. The van der Waals surface area contributed by atoms with Crippen LogP contribution in [0.15, 0.2) is 42.5 Å². The number of benzene rings is 2. The van der Waals surface area contributed by atoms with Gasteiger partial charge in [0, 0.05) is 23.4 Å². The second kappa shape index (κ2) is 12.9. The summed E-state index contributed by atoms with van der Waals surface area (Å²) in [5, 5.41) is 18.5. The Balaban J connectivity index is 0.000000509. The first-order valence-corrected chi connectivity index (χ1v) is 11.4. The van der Waals surface area contributed by atoms with Crippen molar-refractivity contribution in [1.29, 1.82) is 0 Å². The molecule has 2 aromatic carbocycles. The van der Waals surface area contributed by atoms with E-state index >= 15 is 0 Å². The monoisotopic (exact) mass is 506 g/mol. The van der Waals surface area contributed by atoms with Crippen molar-refractivity contribution in [3.8, 4) is 11.5 Å². The van der Waals surface area contributed by atoms with E-state index in [9.17, 15) is 4.79 Å². The van der Waals surface area contributed by atoms with Crippen LogP contribution < -0.4 is 14.8 Å². The van der Waals surface area contributed by atoms with Gasteiger partial charge in [0.1, 0.15) is 0 Å². The summed E-state index contributed by atoms with van der Waals surface area (Å²) in [5.74, 6) is -1.74. The van der Waals surface area contributed by atoms with E-state index in [2.05, 4.69) is 10.2 Å². The molecule has 0 bridgehead atoms. The van der Waals surface area contributed by atoms with Crippen LogP contribution in [0.1, 0.15) is 18.4 Å². The van der Waals surface area contributed by atoms with Gasteiger partial charge in [-0.05, 0) is 61.7 Å². The average molecular weight is 507 g/mol. The Hall–Kier alpha value is -3.34. The molecule has 0 atom stereocenters. The Morgan fingerprint density at radius 3 is 2.31 bits per heavy atom. The van der Waals surface area contributed by atoms with Gasteiger partial charge in [-0.25, -0.2) is 9.59 Å². The summed E-state index contributed by atoms with van der Waals surface area (Å²) < 4.78 is 16.5. The van der Waals surface area contributed by atoms with Crippen molar-refractivity contribution in [1.82, 2.24) is 4.90 Å². The SMILES string of the molecule is O=C(CN1CCC(COCc2ccc(Cl)cc2)CC1)Nc1ccc2c(c1)OCO2.O=C(O)C(=O)O. The maximum atomic E-state index is 12.4. The minimum Gasteiger partial charge on any atom is -0.473 e. The molecule has 2 aromatic rings. The molecule has 10 nitrogen and oxygen atoms in total. The number of amides is 1. The quantitative estimate of drug-likeness (QED) is 0.484. The van der Waals surface area contributed by atoms with E-state index in [4.69, 9.17) is 45.6 Å². The molecule has 188 valence electrons. The molecule has 0 aliphatic carbocycles. The minimum atomic E-state index is -1.82. The third-order valence-corrected chi connectivity index (χ3v) is 5.70. The van der Waals surface area contributed by atoms with Crippen molar-refractivity contribution >= 4 is 35.1 Å². The Morgan fingerprint density at radius 2 is 1.66 bits per heavy atom. The number of hydrogen-bond acceptors (Lipinski definition) is 7. The highest BCUT2D eigenvalue weighted by Gasteiger charge is 2.21. The number of piperidine rings is 1. The normalized spacial score (nSPS) is 15.1. The molecule has 1 saturated heterocycles. The predicted molar refractivity (Wildman–Crippen MR) is 127 cm³/mol. The van der Waals surface area contributed by atoms with Crippen molar-refractivity contribution in [3.63, 3.8) is 0 Å². The Morgan fingerprint density at radius 1 is 1.00 bits per heavy atom. The van der Waals surface area contributed by atoms with E-state index in [1.807, 2.05) is 36.4 Å². The third kappa shape index (κ3) is 8.75. The first-order valence-electron chi connectivity index (χ1n) is 11.0. The molecule has 2 heterocycles. The number of hydrogen-bond donors (Lipinski definition) is 3. The van der Waals surface area contributed by atoms with E-state index in [0.29, 0.717) is 30.6 Å². The van der Waals surface area contributed by atoms with Gasteiger partial charge in [-0.3, -0.25) is 9.69 Å². The number of ether oxygens (including phenoxy) is 3. The highest BCUT2D eigenvalue weighted by Crippen LogP contribution is 2.34. The molecular formula is C24H27ClN2O8. The van der Waals surface area contributed by atoms with Crippen molar-refractivity contribution in [3.05, 3.63) is 53.1 Å². The topological polar surface area (TPSA) is 135 Å². The van der Waals surface area contributed by atoms with Crippen LogP contribution in [0.5, 0.6) is 11.5 Å². The lowest BCUT2D eigenvalue weighted by Gasteiger charge is -2.31. The largest absolute Gasteiger partial charge is 0.473 e. The molecule has 0 spiro atoms. The highest BCUT2D eigenvalue weighted by molar-refractivity contribution is 6.30. The Bertz CT molecular complexity index is 1010. The molecule has 35 heavy (non-hydrogen) atoms. The van der Waals surface area contributed by atoms with E-state index in [1.165, 1.54) is 0 Å². The van der Waals surface area contributed by atoms with E-state index < -0.39 is 11.9 Å². The molecule has 2 aliphatic heterocycles. The van der Waals surface area contributed by atoms with Crippen LogP contribution in [0.3, 0.4) is 0 Å². The van der Waals surface area contributed by atoms with Gasteiger partial charge < -0.3 is 29.7 Å². The van der Waals surface area contributed by atoms with Gasteiger partial charge in [0.2, 0.25) is 12.7 Å². The van der Waals surface area contributed by atoms with Crippen LogP contribution in [0, 0.1) is 5.92 Å². The average Bonchev–Trinajstić information content (AvgIpc) is 3.30. The van der Waals surface area contributed by atoms with Crippen LogP contribution in [-0.4, -0.2) is 66.0 Å². The van der Waals surface area contributed by atoms with Gasteiger partial charge >= 0.3 is 11.9 Å². The van der Waals surface area contributed by atoms with Gasteiger partial charge in [-0.2, -0.15) is 0 Å². The number of aliphatic carboxylic acids is 2. The summed E-state index contributed by atoms with van der Waals surface area (Å²) in [4.78, 5) is 32.7. The molecule has 1 fully saturated rings. The van der Waals surface area contributed by atoms with Crippen molar-refractivity contribution in [2.24, 2.45) is 5.92 Å². The third-order valence-electron chi connectivity index (χ3n) is 5.45. The Kier molecular flexibility index (Phi) is 9.71. The standard InChI is InChI=1S/C22H25ClN2O4.C2H2O4/c23-18-3-1-16(2-4-18)13-27-14-17-7-9-25(10-8-17)12-22(26)24-19-5-6-20-21(11-19)29-15-28-20;3-1(4)2(5)6/h1-6,11,17H,7-10,12-15H2,(H,24,26);(H,3,4)(H,5,6). The molecule has 0 saturated carbocycles. The second-order valence-corrected chi connectivity index (χ2v) is 8.52. The maximum absolute atomic E-state index is 12.4. The van der Waals surface area contributed by atoms with Crippen LogP contribution in [-0.2, 0) is 25.7 Å². The first kappa shape index (κ1) is 26.3. The molecule has 11 heteroatoms. The van der Waals surface area contributed by atoms with E-state index in [-0.39, 0.29) is 12.7 Å². The van der Waals surface area contributed by atoms with Crippen molar-refractivity contribution < 1.29 is 38.8 Å². The molecule has 3 N–H and O–H groups in total. The van der Waals surface area contributed by atoms with Crippen molar-refractivity contribution in [2.75, 3.05) is 38.4 Å². The van der Waals surface area contributed by atoms with Crippen LogP contribution in [0.25, 0.3) is 0 Å². The number of likely N-dealkylation sites (tertiary alicyclic amines) is 1. The molecule has 2 aliphatic rings. The molecule has 4 rings (SSSR count). The number of nitrogens with one attached hydrogen (secondary N) is 1.